The maximum absolute atomic E-state index is 12.0. The van der Waals surface area contributed by atoms with Gasteiger partial charge in [0.2, 0.25) is 0 Å². The minimum absolute atomic E-state index is 0.0949. The Balaban J connectivity index is 1.81. The lowest BCUT2D eigenvalue weighted by molar-refractivity contribution is 0.229. The molecule has 0 atom stereocenters. The van der Waals surface area contributed by atoms with Crippen LogP contribution in [0, 0.1) is 0 Å². The molecule has 5 heteroatoms. The van der Waals surface area contributed by atoms with E-state index in [1.165, 1.54) is 5.69 Å². The summed E-state index contributed by atoms with van der Waals surface area (Å²) in [5, 5.41) is 3.35. The van der Waals surface area contributed by atoms with Gasteiger partial charge in [-0.1, -0.05) is 6.07 Å². The highest BCUT2D eigenvalue weighted by Crippen LogP contribution is 2.25. The maximum atomic E-state index is 12.0. The van der Waals surface area contributed by atoms with Crippen LogP contribution in [0.1, 0.15) is 0 Å². The Labute approximate surface area is 113 Å². The van der Waals surface area contributed by atoms with Gasteiger partial charge in [-0.05, 0) is 18.2 Å². The first-order chi connectivity index (χ1) is 9.25. The molecule has 2 amide bonds. The lowest BCUT2D eigenvalue weighted by Gasteiger charge is -2.30. The van der Waals surface area contributed by atoms with Crippen LogP contribution in [-0.4, -0.2) is 57.2 Å². The summed E-state index contributed by atoms with van der Waals surface area (Å²) in [5.41, 5.74) is 2.21. The third-order valence-electron chi connectivity index (χ3n) is 3.84. The standard InChI is InChI=1S/C14H20N4O/c1-16-9-10-18(14(16)19)13-4-2-3-12(11-13)17-7-5-15-6-8-17/h2-4,11,15H,5-10H2,1H3. The van der Waals surface area contributed by atoms with Crippen LogP contribution < -0.4 is 15.1 Å². The Hall–Kier alpha value is -1.75. The highest BCUT2D eigenvalue weighted by Gasteiger charge is 2.26. The topological polar surface area (TPSA) is 38.8 Å². The van der Waals surface area contributed by atoms with Gasteiger partial charge in [0.15, 0.2) is 0 Å². The summed E-state index contributed by atoms with van der Waals surface area (Å²) in [6.07, 6.45) is 0. The maximum Gasteiger partial charge on any atom is 0.324 e. The lowest BCUT2D eigenvalue weighted by atomic mass is 10.2. The van der Waals surface area contributed by atoms with Crippen molar-refractivity contribution in [2.24, 2.45) is 0 Å². The van der Waals surface area contributed by atoms with Gasteiger partial charge in [-0.25, -0.2) is 4.79 Å². The van der Waals surface area contributed by atoms with E-state index in [2.05, 4.69) is 22.3 Å². The van der Waals surface area contributed by atoms with E-state index in [9.17, 15) is 4.79 Å². The summed E-state index contributed by atoms with van der Waals surface area (Å²) in [6, 6.07) is 8.40. The van der Waals surface area contributed by atoms with Crippen molar-refractivity contribution in [2.45, 2.75) is 0 Å². The molecule has 2 saturated heterocycles. The van der Waals surface area contributed by atoms with Gasteiger partial charge in [0.25, 0.3) is 0 Å². The Bertz CT molecular complexity index is 470. The second-order valence-corrected chi connectivity index (χ2v) is 5.11. The third-order valence-corrected chi connectivity index (χ3v) is 3.84. The SMILES string of the molecule is CN1CCN(c2cccc(N3CCNCC3)c2)C1=O. The third kappa shape index (κ3) is 2.38. The van der Waals surface area contributed by atoms with E-state index in [1.54, 1.807) is 4.90 Å². The van der Waals surface area contributed by atoms with E-state index < -0.39 is 0 Å². The number of anilines is 2. The fraction of sp³-hybridized carbons (Fsp3) is 0.500. The Morgan fingerprint density at radius 2 is 1.79 bits per heavy atom. The van der Waals surface area contributed by atoms with Crippen LogP contribution in [-0.2, 0) is 0 Å². The number of hydrogen-bond donors (Lipinski definition) is 1. The normalized spacial score (nSPS) is 20.3. The molecule has 2 heterocycles. The van der Waals surface area contributed by atoms with Crippen molar-refractivity contribution < 1.29 is 4.79 Å². The zero-order chi connectivity index (χ0) is 13.2. The predicted octanol–water partition coefficient (Wildman–Crippen LogP) is 0.968. The van der Waals surface area contributed by atoms with Crippen molar-refractivity contribution in [2.75, 3.05) is 56.1 Å². The molecule has 1 aromatic carbocycles. The average molecular weight is 260 g/mol. The summed E-state index contributed by atoms with van der Waals surface area (Å²) < 4.78 is 0. The second-order valence-electron chi connectivity index (χ2n) is 5.11. The van der Waals surface area contributed by atoms with Crippen molar-refractivity contribution in [3.8, 4) is 0 Å². The number of carbonyl (C=O) groups excluding carboxylic acids is 1. The molecule has 0 aliphatic carbocycles. The molecule has 1 aromatic rings. The molecule has 2 fully saturated rings. The van der Waals surface area contributed by atoms with E-state index in [0.29, 0.717) is 0 Å². The molecule has 0 bridgehead atoms. The van der Waals surface area contributed by atoms with Gasteiger partial charge in [-0.15, -0.1) is 0 Å². The Kier molecular flexibility index (Phi) is 3.29. The molecule has 0 saturated carbocycles. The predicted molar refractivity (Wildman–Crippen MR) is 76.9 cm³/mol. The zero-order valence-electron chi connectivity index (χ0n) is 11.3. The lowest BCUT2D eigenvalue weighted by Crippen LogP contribution is -2.43. The highest BCUT2D eigenvalue weighted by atomic mass is 16.2. The summed E-state index contributed by atoms with van der Waals surface area (Å²) in [7, 11) is 1.85. The monoisotopic (exact) mass is 260 g/mol. The molecule has 19 heavy (non-hydrogen) atoms. The molecule has 3 rings (SSSR count). The highest BCUT2D eigenvalue weighted by molar-refractivity contribution is 5.94. The molecule has 5 nitrogen and oxygen atoms in total. The van der Waals surface area contributed by atoms with Crippen LogP contribution >= 0.6 is 0 Å². The number of hydrogen-bond acceptors (Lipinski definition) is 3. The van der Waals surface area contributed by atoms with E-state index in [-0.39, 0.29) is 6.03 Å². The minimum atomic E-state index is 0.0949. The zero-order valence-corrected chi connectivity index (χ0v) is 11.3. The van der Waals surface area contributed by atoms with Crippen molar-refractivity contribution in [1.82, 2.24) is 10.2 Å². The number of carbonyl (C=O) groups is 1. The fourth-order valence-electron chi connectivity index (χ4n) is 2.67. The Morgan fingerprint density at radius 3 is 2.47 bits per heavy atom. The van der Waals surface area contributed by atoms with Gasteiger partial charge in [0.05, 0.1) is 0 Å². The molecule has 2 aliphatic heterocycles. The van der Waals surface area contributed by atoms with E-state index >= 15 is 0 Å². The number of urea groups is 1. The van der Waals surface area contributed by atoms with Gasteiger partial charge in [-0.2, -0.15) is 0 Å². The van der Waals surface area contributed by atoms with Gasteiger partial charge < -0.3 is 15.1 Å². The number of rotatable bonds is 2. The second kappa shape index (κ2) is 5.09. The number of amides is 2. The summed E-state index contributed by atoms with van der Waals surface area (Å²) in [6.45, 7) is 5.68. The van der Waals surface area contributed by atoms with Gasteiger partial charge >= 0.3 is 6.03 Å². The molecule has 2 aliphatic rings. The van der Waals surface area contributed by atoms with Crippen molar-refractivity contribution in [1.29, 1.82) is 0 Å². The van der Waals surface area contributed by atoms with E-state index in [0.717, 1.165) is 45.0 Å². The summed E-state index contributed by atoms with van der Waals surface area (Å²) in [5.74, 6) is 0. The van der Waals surface area contributed by atoms with Crippen LogP contribution in [0.2, 0.25) is 0 Å². The largest absolute Gasteiger partial charge is 0.369 e. The molecule has 0 spiro atoms. The van der Waals surface area contributed by atoms with Gasteiger partial charge in [0.1, 0.15) is 0 Å². The number of benzene rings is 1. The molecular weight excluding hydrogens is 240 g/mol. The van der Waals surface area contributed by atoms with Crippen molar-refractivity contribution in [3.63, 3.8) is 0 Å². The molecular formula is C14H20N4O. The van der Waals surface area contributed by atoms with Gasteiger partial charge in [-0.3, -0.25) is 4.90 Å². The number of likely N-dealkylation sites (N-methyl/N-ethyl adjacent to an activating group) is 1. The van der Waals surface area contributed by atoms with Crippen LogP contribution in [0.4, 0.5) is 16.2 Å². The smallest absolute Gasteiger partial charge is 0.324 e. The van der Waals surface area contributed by atoms with Crippen LogP contribution in [0.3, 0.4) is 0 Å². The van der Waals surface area contributed by atoms with Crippen molar-refractivity contribution >= 4 is 17.4 Å². The molecule has 0 aromatic heterocycles. The van der Waals surface area contributed by atoms with E-state index in [1.807, 2.05) is 24.1 Å². The molecule has 0 radical (unpaired) electrons. The summed E-state index contributed by atoms with van der Waals surface area (Å²) >= 11 is 0. The average Bonchev–Trinajstić information content (AvgIpc) is 2.80. The van der Waals surface area contributed by atoms with E-state index in [4.69, 9.17) is 0 Å². The van der Waals surface area contributed by atoms with Crippen LogP contribution in [0.15, 0.2) is 24.3 Å². The van der Waals surface area contributed by atoms with Crippen LogP contribution in [0.5, 0.6) is 0 Å². The number of piperazine rings is 1. The fourth-order valence-corrected chi connectivity index (χ4v) is 2.67. The quantitative estimate of drug-likeness (QED) is 0.861. The molecule has 102 valence electrons. The summed E-state index contributed by atoms with van der Waals surface area (Å²) in [4.78, 5) is 18.0. The number of nitrogens with one attached hydrogen (secondary N) is 1. The first-order valence-electron chi connectivity index (χ1n) is 6.84. The molecule has 0 unspecified atom stereocenters. The van der Waals surface area contributed by atoms with Crippen molar-refractivity contribution in [3.05, 3.63) is 24.3 Å². The number of nitrogens with zero attached hydrogens (tertiary/aromatic N) is 3. The first-order valence-corrected chi connectivity index (χ1v) is 6.84. The minimum Gasteiger partial charge on any atom is -0.369 e. The Morgan fingerprint density at radius 1 is 1.05 bits per heavy atom. The van der Waals surface area contributed by atoms with Gasteiger partial charge in [0, 0.05) is 57.7 Å². The van der Waals surface area contributed by atoms with Crippen LogP contribution in [0.25, 0.3) is 0 Å². The first kappa shape index (κ1) is 12.3. The molecule has 1 N–H and O–H groups in total.